The van der Waals surface area contributed by atoms with Crippen molar-refractivity contribution in [2.45, 2.75) is 25.7 Å². The molecular formula is C30H28O4. The van der Waals surface area contributed by atoms with Gasteiger partial charge in [0.1, 0.15) is 0 Å². The van der Waals surface area contributed by atoms with Crippen LogP contribution in [0.2, 0.25) is 0 Å². The molecular weight excluding hydrogens is 424 g/mol. The van der Waals surface area contributed by atoms with E-state index in [0.29, 0.717) is 25.7 Å². The van der Waals surface area contributed by atoms with Crippen molar-refractivity contribution in [3.63, 3.8) is 0 Å². The first kappa shape index (κ1) is 26.0. The average molecular weight is 453 g/mol. The molecule has 4 nitrogen and oxygen atoms in total. The Hall–Kier alpha value is -4.28. The SMILES string of the molecule is C#Cc1ccc(CCC(=O)OC)cc1.COC(=O)CCc1ccc(C#Cc2ccccc2)cc1. The highest BCUT2D eigenvalue weighted by Crippen LogP contribution is 2.08. The highest BCUT2D eigenvalue weighted by Gasteiger charge is 2.01. The lowest BCUT2D eigenvalue weighted by Crippen LogP contribution is -2.01. The molecule has 172 valence electrons. The molecule has 0 fully saturated rings. The predicted molar refractivity (Wildman–Crippen MR) is 134 cm³/mol. The van der Waals surface area contributed by atoms with E-state index in [1.165, 1.54) is 14.2 Å². The van der Waals surface area contributed by atoms with Gasteiger partial charge in [0.25, 0.3) is 0 Å². The maximum Gasteiger partial charge on any atom is 0.305 e. The first-order valence-corrected chi connectivity index (χ1v) is 10.9. The quantitative estimate of drug-likeness (QED) is 0.392. The molecule has 3 rings (SSSR count). The zero-order valence-electron chi connectivity index (χ0n) is 19.5. The van der Waals surface area contributed by atoms with Crippen LogP contribution < -0.4 is 0 Å². The van der Waals surface area contributed by atoms with E-state index >= 15 is 0 Å². The molecule has 4 heteroatoms. The Morgan fingerprint density at radius 1 is 0.647 bits per heavy atom. The Morgan fingerprint density at radius 2 is 1.06 bits per heavy atom. The minimum Gasteiger partial charge on any atom is -0.469 e. The van der Waals surface area contributed by atoms with Crippen LogP contribution in [0.4, 0.5) is 0 Å². The number of aryl methyl sites for hydroxylation is 2. The van der Waals surface area contributed by atoms with Crippen molar-refractivity contribution < 1.29 is 19.1 Å². The number of rotatable bonds is 6. The van der Waals surface area contributed by atoms with Gasteiger partial charge < -0.3 is 9.47 Å². The van der Waals surface area contributed by atoms with E-state index in [2.05, 4.69) is 27.2 Å². The van der Waals surface area contributed by atoms with Gasteiger partial charge >= 0.3 is 11.9 Å². The van der Waals surface area contributed by atoms with Crippen LogP contribution >= 0.6 is 0 Å². The van der Waals surface area contributed by atoms with Crippen LogP contribution in [0, 0.1) is 24.2 Å². The lowest BCUT2D eigenvalue weighted by molar-refractivity contribution is -0.141. The molecule has 0 amide bonds. The monoisotopic (exact) mass is 452 g/mol. The van der Waals surface area contributed by atoms with Crippen LogP contribution in [0.15, 0.2) is 78.9 Å². The zero-order chi connectivity index (χ0) is 24.6. The van der Waals surface area contributed by atoms with Gasteiger partial charge in [-0.05, 0) is 60.4 Å². The fourth-order valence-electron chi connectivity index (χ4n) is 2.89. The number of carbonyl (C=O) groups excluding carboxylic acids is 2. The molecule has 3 aromatic rings. The second kappa shape index (κ2) is 14.7. The minimum absolute atomic E-state index is 0.182. The Morgan fingerprint density at radius 3 is 1.47 bits per heavy atom. The first-order valence-electron chi connectivity index (χ1n) is 10.9. The van der Waals surface area contributed by atoms with Crippen molar-refractivity contribution in [1.82, 2.24) is 0 Å². The van der Waals surface area contributed by atoms with Crippen LogP contribution in [-0.4, -0.2) is 26.2 Å². The summed E-state index contributed by atoms with van der Waals surface area (Å²) in [6.07, 6.45) is 7.42. The molecule has 0 radical (unpaired) electrons. The molecule has 0 aliphatic heterocycles. The third-order valence-corrected chi connectivity index (χ3v) is 4.89. The summed E-state index contributed by atoms with van der Waals surface area (Å²) in [6.45, 7) is 0. The molecule has 0 N–H and O–H groups in total. The molecule has 3 aromatic carbocycles. The topological polar surface area (TPSA) is 52.6 Å². The molecule has 0 unspecified atom stereocenters. The van der Waals surface area contributed by atoms with Gasteiger partial charge in [-0.1, -0.05) is 60.2 Å². The first-order chi connectivity index (χ1) is 16.5. The van der Waals surface area contributed by atoms with Gasteiger partial charge in [0.2, 0.25) is 0 Å². The van der Waals surface area contributed by atoms with E-state index in [0.717, 1.165) is 27.8 Å². The largest absolute Gasteiger partial charge is 0.469 e. The van der Waals surface area contributed by atoms with Gasteiger partial charge in [-0.15, -0.1) is 6.42 Å². The van der Waals surface area contributed by atoms with Crippen molar-refractivity contribution in [1.29, 1.82) is 0 Å². The normalized spacial score (nSPS) is 9.32. The van der Waals surface area contributed by atoms with Gasteiger partial charge in [0.05, 0.1) is 14.2 Å². The molecule has 0 aromatic heterocycles. The summed E-state index contributed by atoms with van der Waals surface area (Å²) in [5.74, 6) is 8.41. The smallest absolute Gasteiger partial charge is 0.305 e. The van der Waals surface area contributed by atoms with Crippen molar-refractivity contribution in [3.05, 3.63) is 107 Å². The lowest BCUT2D eigenvalue weighted by atomic mass is 10.1. The summed E-state index contributed by atoms with van der Waals surface area (Å²) >= 11 is 0. The maximum absolute atomic E-state index is 11.1. The summed E-state index contributed by atoms with van der Waals surface area (Å²) < 4.78 is 9.17. The predicted octanol–water partition coefficient (Wildman–Crippen LogP) is 4.97. The molecule has 34 heavy (non-hydrogen) atoms. The molecule has 0 bridgehead atoms. The summed E-state index contributed by atoms with van der Waals surface area (Å²) in [5.41, 5.74) is 5.03. The number of methoxy groups -OCH3 is 2. The molecule has 0 atom stereocenters. The van der Waals surface area contributed by atoms with Gasteiger partial charge in [-0.25, -0.2) is 0 Å². The number of carbonyl (C=O) groups is 2. The van der Waals surface area contributed by atoms with Gasteiger partial charge in [0, 0.05) is 29.5 Å². The highest BCUT2D eigenvalue weighted by atomic mass is 16.5. The second-order valence-electron chi connectivity index (χ2n) is 7.31. The minimum atomic E-state index is -0.189. The second-order valence-corrected chi connectivity index (χ2v) is 7.31. The average Bonchev–Trinajstić information content (AvgIpc) is 2.91. The van der Waals surface area contributed by atoms with Crippen molar-refractivity contribution in [2.24, 2.45) is 0 Å². The van der Waals surface area contributed by atoms with Gasteiger partial charge in [-0.2, -0.15) is 0 Å². The van der Waals surface area contributed by atoms with Crippen LogP contribution in [-0.2, 0) is 31.9 Å². The van der Waals surface area contributed by atoms with E-state index in [1.807, 2.05) is 78.9 Å². The summed E-state index contributed by atoms with van der Waals surface area (Å²) in [7, 11) is 2.80. The Kier molecular flexibility index (Phi) is 11.2. The van der Waals surface area contributed by atoms with E-state index < -0.39 is 0 Å². The third-order valence-electron chi connectivity index (χ3n) is 4.89. The fourth-order valence-corrected chi connectivity index (χ4v) is 2.89. The third kappa shape index (κ3) is 9.90. The number of benzene rings is 3. The van der Waals surface area contributed by atoms with Gasteiger partial charge in [-0.3, -0.25) is 9.59 Å². The standard InChI is InChI=1S/C18H16O2.C12H12O2/c1-20-18(19)14-13-17-11-9-16(10-12-17)8-7-15-5-3-2-4-6-15;1-3-10-4-6-11(7-5-10)8-9-12(13)14-2/h2-6,9-12H,13-14H2,1H3;1,4-7H,8-9H2,2H3. The van der Waals surface area contributed by atoms with Crippen molar-refractivity contribution >= 4 is 11.9 Å². The van der Waals surface area contributed by atoms with Gasteiger partial charge in [0.15, 0.2) is 0 Å². The summed E-state index contributed by atoms with van der Waals surface area (Å²) in [4.78, 5) is 21.9. The molecule has 0 aliphatic rings. The van der Waals surface area contributed by atoms with E-state index in [9.17, 15) is 9.59 Å². The lowest BCUT2D eigenvalue weighted by Gasteiger charge is -2.00. The molecule has 0 aliphatic carbocycles. The number of esters is 2. The summed E-state index contributed by atoms with van der Waals surface area (Å²) in [6, 6.07) is 25.4. The Labute approximate surface area is 201 Å². The highest BCUT2D eigenvalue weighted by molar-refractivity contribution is 5.69. The van der Waals surface area contributed by atoms with Crippen molar-refractivity contribution in [3.8, 4) is 24.2 Å². The number of ether oxygens (including phenoxy) is 2. The van der Waals surface area contributed by atoms with E-state index in [4.69, 9.17) is 6.42 Å². The fraction of sp³-hybridized carbons (Fsp3) is 0.200. The molecule has 0 spiro atoms. The molecule has 0 saturated heterocycles. The molecule has 0 saturated carbocycles. The Balaban J connectivity index is 0.000000257. The van der Waals surface area contributed by atoms with E-state index in [1.54, 1.807) is 0 Å². The van der Waals surface area contributed by atoms with Crippen LogP contribution in [0.3, 0.4) is 0 Å². The number of hydrogen-bond donors (Lipinski definition) is 0. The Bertz CT molecular complexity index is 1140. The van der Waals surface area contributed by atoms with Crippen LogP contribution in [0.1, 0.15) is 40.7 Å². The summed E-state index contributed by atoms with van der Waals surface area (Å²) in [5, 5.41) is 0. The molecule has 0 heterocycles. The zero-order valence-corrected chi connectivity index (χ0v) is 19.5. The van der Waals surface area contributed by atoms with Crippen molar-refractivity contribution in [2.75, 3.05) is 14.2 Å². The van der Waals surface area contributed by atoms with Crippen LogP contribution in [0.5, 0.6) is 0 Å². The van der Waals surface area contributed by atoms with E-state index in [-0.39, 0.29) is 11.9 Å². The maximum atomic E-state index is 11.1. The number of hydrogen-bond acceptors (Lipinski definition) is 4. The van der Waals surface area contributed by atoms with Crippen LogP contribution in [0.25, 0.3) is 0 Å². The number of terminal acetylenes is 1.